The van der Waals surface area contributed by atoms with Crippen LogP contribution in [0.1, 0.15) is 30.9 Å². The van der Waals surface area contributed by atoms with Gasteiger partial charge < -0.3 is 15.6 Å². The lowest BCUT2D eigenvalue weighted by Gasteiger charge is -2.38. The number of nitrogen functional groups attached to an aromatic ring is 1. The SMILES string of the molecule is Nc1ccc(C(O)CN2CCOC3CCCC32)cc1. The highest BCUT2D eigenvalue weighted by Gasteiger charge is 2.36. The number of hydrogen-bond donors (Lipinski definition) is 2. The molecule has 2 aliphatic rings. The van der Waals surface area contributed by atoms with Gasteiger partial charge in [-0.25, -0.2) is 0 Å². The Morgan fingerprint density at radius 3 is 2.89 bits per heavy atom. The molecule has 1 saturated carbocycles. The number of benzene rings is 1. The van der Waals surface area contributed by atoms with Gasteiger partial charge in [0.2, 0.25) is 0 Å². The summed E-state index contributed by atoms with van der Waals surface area (Å²) in [5.74, 6) is 0. The van der Waals surface area contributed by atoms with Crippen molar-refractivity contribution >= 4 is 5.69 Å². The molecule has 2 fully saturated rings. The molecule has 3 unspecified atom stereocenters. The second-order valence-electron chi connectivity index (χ2n) is 5.58. The number of fused-ring (bicyclic) bond motifs is 1. The normalized spacial score (nSPS) is 29.1. The Labute approximate surface area is 114 Å². The van der Waals surface area contributed by atoms with E-state index >= 15 is 0 Å². The number of β-amino-alcohol motifs (C(OH)–C–C–N with tert-alkyl or cyclic N) is 1. The molecule has 1 aliphatic heterocycles. The number of nitrogens with zero attached hydrogens (tertiary/aromatic N) is 1. The number of hydrogen-bond acceptors (Lipinski definition) is 4. The standard InChI is InChI=1S/C15H22N2O2/c16-12-6-4-11(5-7-12)14(18)10-17-8-9-19-15-3-1-2-13(15)17/h4-7,13-15,18H,1-3,8-10,16H2. The van der Waals surface area contributed by atoms with Gasteiger partial charge in [0.15, 0.2) is 0 Å². The Morgan fingerprint density at radius 1 is 1.32 bits per heavy atom. The average molecular weight is 262 g/mol. The number of aliphatic hydroxyl groups excluding tert-OH is 1. The van der Waals surface area contributed by atoms with E-state index in [9.17, 15) is 5.11 Å². The topological polar surface area (TPSA) is 58.7 Å². The van der Waals surface area contributed by atoms with Gasteiger partial charge in [-0.2, -0.15) is 0 Å². The molecule has 1 aromatic rings. The smallest absolute Gasteiger partial charge is 0.0917 e. The predicted octanol–water partition coefficient (Wildman–Crippen LogP) is 1.56. The molecule has 104 valence electrons. The van der Waals surface area contributed by atoms with Crippen LogP contribution in [-0.4, -0.2) is 41.8 Å². The summed E-state index contributed by atoms with van der Waals surface area (Å²) in [6.07, 6.45) is 3.54. The molecule has 19 heavy (non-hydrogen) atoms. The molecular formula is C15H22N2O2. The predicted molar refractivity (Wildman–Crippen MR) is 74.8 cm³/mol. The first kappa shape index (κ1) is 12.9. The molecule has 4 heteroatoms. The van der Waals surface area contributed by atoms with Crippen molar-refractivity contribution in [3.63, 3.8) is 0 Å². The maximum absolute atomic E-state index is 10.4. The van der Waals surface area contributed by atoms with Crippen LogP contribution in [0.5, 0.6) is 0 Å². The summed E-state index contributed by atoms with van der Waals surface area (Å²) in [6.45, 7) is 2.40. The molecule has 0 spiro atoms. The summed E-state index contributed by atoms with van der Waals surface area (Å²) in [4.78, 5) is 2.39. The Kier molecular flexibility index (Phi) is 3.73. The Balaban J connectivity index is 1.65. The first-order chi connectivity index (χ1) is 9.24. The number of aliphatic hydroxyl groups is 1. The van der Waals surface area contributed by atoms with E-state index in [1.54, 1.807) is 0 Å². The van der Waals surface area contributed by atoms with E-state index in [1.807, 2.05) is 24.3 Å². The summed E-state index contributed by atoms with van der Waals surface area (Å²) in [6, 6.07) is 8.00. The molecule has 3 N–H and O–H groups in total. The van der Waals surface area contributed by atoms with Gasteiger partial charge in [-0.05, 0) is 37.0 Å². The fourth-order valence-corrected chi connectivity index (χ4v) is 3.28. The molecule has 1 saturated heterocycles. The second kappa shape index (κ2) is 5.49. The van der Waals surface area contributed by atoms with E-state index in [0.29, 0.717) is 18.7 Å². The Hall–Kier alpha value is -1.10. The highest BCUT2D eigenvalue weighted by atomic mass is 16.5. The lowest BCUT2D eigenvalue weighted by atomic mass is 10.1. The van der Waals surface area contributed by atoms with Gasteiger partial charge in [0.1, 0.15) is 0 Å². The van der Waals surface area contributed by atoms with Gasteiger partial charge in [0, 0.05) is 24.8 Å². The van der Waals surface area contributed by atoms with E-state index in [2.05, 4.69) is 4.90 Å². The highest BCUT2D eigenvalue weighted by Crippen LogP contribution is 2.31. The molecule has 3 rings (SSSR count). The van der Waals surface area contributed by atoms with Crippen LogP contribution >= 0.6 is 0 Å². The average Bonchev–Trinajstić information content (AvgIpc) is 2.89. The van der Waals surface area contributed by atoms with Gasteiger partial charge in [-0.3, -0.25) is 4.90 Å². The Morgan fingerprint density at radius 2 is 2.11 bits per heavy atom. The number of anilines is 1. The molecule has 1 heterocycles. The fourth-order valence-electron chi connectivity index (χ4n) is 3.28. The van der Waals surface area contributed by atoms with E-state index in [-0.39, 0.29) is 0 Å². The van der Waals surface area contributed by atoms with Crippen LogP contribution in [0.15, 0.2) is 24.3 Å². The summed E-state index contributed by atoms with van der Waals surface area (Å²) in [7, 11) is 0. The van der Waals surface area contributed by atoms with Crippen molar-refractivity contribution in [3.8, 4) is 0 Å². The maximum Gasteiger partial charge on any atom is 0.0917 e. The number of morpholine rings is 1. The van der Waals surface area contributed by atoms with Crippen molar-refractivity contribution < 1.29 is 9.84 Å². The highest BCUT2D eigenvalue weighted by molar-refractivity contribution is 5.39. The molecule has 1 aliphatic carbocycles. The van der Waals surface area contributed by atoms with E-state index in [0.717, 1.165) is 24.4 Å². The monoisotopic (exact) mass is 262 g/mol. The molecule has 3 atom stereocenters. The van der Waals surface area contributed by atoms with Crippen molar-refractivity contribution in [2.75, 3.05) is 25.4 Å². The minimum Gasteiger partial charge on any atom is -0.399 e. The fraction of sp³-hybridized carbons (Fsp3) is 0.600. The third kappa shape index (κ3) is 2.76. The van der Waals surface area contributed by atoms with Crippen LogP contribution < -0.4 is 5.73 Å². The van der Waals surface area contributed by atoms with Crippen molar-refractivity contribution in [3.05, 3.63) is 29.8 Å². The van der Waals surface area contributed by atoms with Crippen molar-refractivity contribution in [1.29, 1.82) is 0 Å². The van der Waals surface area contributed by atoms with Crippen molar-refractivity contribution in [2.24, 2.45) is 0 Å². The van der Waals surface area contributed by atoms with Gasteiger partial charge in [0.05, 0.1) is 18.8 Å². The number of ether oxygens (including phenoxy) is 1. The van der Waals surface area contributed by atoms with Gasteiger partial charge in [0.25, 0.3) is 0 Å². The minimum absolute atomic E-state index is 0.382. The molecule has 0 amide bonds. The number of nitrogens with two attached hydrogens (primary N) is 1. The van der Waals surface area contributed by atoms with Crippen LogP contribution in [0.2, 0.25) is 0 Å². The van der Waals surface area contributed by atoms with Crippen LogP contribution in [0.4, 0.5) is 5.69 Å². The van der Waals surface area contributed by atoms with Crippen molar-refractivity contribution in [2.45, 2.75) is 37.5 Å². The van der Waals surface area contributed by atoms with Crippen molar-refractivity contribution in [1.82, 2.24) is 4.90 Å². The van der Waals surface area contributed by atoms with E-state index < -0.39 is 6.10 Å². The summed E-state index contributed by atoms with van der Waals surface area (Å²) in [5.41, 5.74) is 7.35. The molecule has 0 bridgehead atoms. The van der Waals surface area contributed by atoms with Crippen LogP contribution in [0.3, 0.4) is 0 Å². The zero-order chi connectivity index (χ0) is 13.2. The summed E-state index contributed by atoms with van der Waals surface area (Å²) < 4.78 is 5.80. The molecule has 0 radical (unpaired) electrons. The maximum atomic E-state index is 10.4. The van der Waals surface area contributed by atoms with Gasteiger partial charge >= 0.3 is 0 Å². The quantitative estimate of drug-likeness (QED) is 0.812. The van der Waals surface area contributed by atoms with Crippen LogP contribution in [-0.2, 0) is 4.74 Å². The summed E-state index contributed by atoms with van der Waals surface area (Å²) >= 11 is 0. The summed E-state index contributed by atoms with van der Waals surface area (Å²) in [5, 5.41) is 10.4. The number of rotatable bonds is 3. The van der Waals surface area contributed by atoms with E-state index in [1.165, 1.54) is 19.3 Å². The zero-order valence-corrected chi connectivity index (χ0v) is 11.2. The molecule has 0 aromatic heterocycles. The second-order valence-corrected chi connectivity index (χ2v) is 5.58. The van der Waals surface area contributed by atoms with Crippen LogP contribution in [0, 0.1) is 0 Å². The van der Waals surface area contributed by atoms with Gasteiger partial charge in [-0.1, -0.05) is 12.1 Å². The molecule has 4 nitrogen and oxygen atoms in total. The van der Waals surface area contributed by atoms with Gasteiger partial charge in [-0.15, -0.1) is 0 Å². The third-order valence-corrected chi connectivity index (χ3v) is 4.33. The molecular weight excluding hydrogens is 240 g/mol. The van der Waals surface area contributed by atoms with E-state index in [4.69, 9.17) is 10.5 Å². The largest absolute Gasteiger partial charge is 0.399 e. The van der Waals surface area contributed by atoms with Crippen LogP contribution in [0.25, 0.3) is 0 Å². The molecule has 1 aromatic carbocycles. The lowest BCUT2D eigenvalue weighted by Crippen LogP contribution is -2.49. The Bertz CT molecular complexity index is 421. The lowest BCUT2D eigenvalue weighted by molar-refractivity contribution is -0.0675. The first-order valence-corrected chi connectivity index (χ1v) is 7.13. The first-order valence-electron chi connectivity index (χ1n) is 7.13. The minimum atomic E-state index is -0.444. The zero-order valence-electron chi connectivity index (χ0n) is 11.2. The third-order valence-electron chi connectivity index (χ3n) is 4.33.